The maximum Gasteiger partial charge on any atom is 0.182 e. The molecule has 1 heterocycles. The quantitative estimate of drug-likeness (QED) is 0.882. The molecule has 1 aromatic carbocycles. The van der Waals surface area contributed by atoms with Crippen LogP contribution in [0.4, 0.5) is 5.69 Å². The highest BCUT2D eigenvalue weighted by Crippen LogP contribution is 2.31. The minimum Gasteiger partial charge on any atom is -0.398 e. The van der Waals surface area contributed by atoms with Crippen LogP contribution < -0.4 is 5.73 Å². The van der Waals surface area contributed by atoms with Crippen molar-refractivity contribution >= 4 is 17.3 Å². The molecule has 1 aliphatic carbocycles. The summed E-state index contributed by atoms with van der Waals surface area (Å²) in [5.41, 5.74) is 7.33. The van der Waals surface area contributed by atoms with E-state index in [1.165, 1.54) is 25.7 Å². The van der Waals surface area contributed by atoms with Gasteiger partial charge in [0.05, 0.1) is 10.7 Å². The minimum atomic E-state index is 0.551. The molecule has 0 bridgehead atoms. The zero-order valence-electron chi connectivity index (χ0n) is 12.2. The lowest BCUT2D eigenvalue weighted by atomic mass is 9.82. The van der Waals surface area contributed by atoms with Crippen LogP contribution >= 0.6 is 11.6 Å². The average Bonchev–Trinajstić information content (AvgIpc) is 2.90. The molecule has 2 aromatic rings. The van der Waals surface area contributed by atoms with Gasteiger partial charge in [-0.1, -0.05) is 31.4 Å². The van der Waals surface area contributed by atoms with E-state index in [1.807, 2.05) is 16.8 Å². The van der Waals surface area contributed by atoms with Crippen LogP contribution in [0, 0.1) is 11.8 Å². The third-order valence-corrected chi connectivity index (χ3v) is 4.61. The summed E-state index contributed by atoms with van der Waals surface area (Å²) in [6.07, 6.45) is 5.15. The highest BCUT2D eigenvalue weighted by Gasteiger charge is 2.21. The Morgan fingerprint density at radius 1 is 1.38 bits per heavy atom. The Bertz CT molecular complexity index is 624. The van der Waals surface area contributed by atoms with Gasteiger partial charge < -0.3 is 5.73 Å². The first-order chi connectivity index (χ1) is 10.1. The van der Waals surface area contributed by atoms with E-state index in [9.17, 15) is 0 Å². The maximum atomic E-state index is 5.97. The van der Waals surface area contributed by atoms with Crippen LogP contribution in [0.1, 0.15) is 32.6 Å². The molecule has 0 amide bonds. The maximum absolute atomic E-state index is 5.97. The number of benzene rings is 1. The number of aromatic nitrogens is 4. The Hall–Kier alpha value is -1.62. The number of halogens is 1. The first kappa shape index (κ1) is 14.3. The second-order valence-electron chi connectivity index (χ2n) is 6.06. The van der Waals surface area contributed by atoms with E-state index >= 15 is 0 Å². The van der Waals surface area contributed by atoms with Crippen LogP contribution in [0.15, 0.2) is 18.2 Å². The standard InChI is InChI=1S/C15H20ClN5/c1-10-3-2-4-11(7-10)9-21-15(18-19-20-21)12-5-6-13(16)14(17)8-12/h5-6,8,10-11H,2-4,7,9,17H2,1H3. The van der Waals surface area contributed by atoms with Crippen LogP contribution in [-0.2, 0) is 6.54 Å². The smallest absolute Gasteiger partial charge is 0.182 e. The second kappa shape index (κ2) is 6.02. The molecular weight excluding hydrogens is 286 g/mol. The van der Waals surface area contributed by atoms with Gasteiger partial charge in [-0.3, -0.25) is 0 Å². The van der Waals surface area contributed by atoms with Gasteiger partial charge in [0, 0.05) is 12.1 Å². The van der Waals surface area contributed by atoms with Crippen molar-refractivity contribution in [1.29, 1.82) is 0 Å². The third-order valence-electron chi connectivity index (χ3n) is 4.26. The first-order valence-electron chi connectivity index (χ1n) is 7.45. The Morgan fingerprint density at radius 2 is 2.24 bits per heavy atom. The number of rotatable bonds is 3. The third kappa shape index (κ3) is 3.18. The van der Waals surface area contributed by atoms with Crippen molar-refractivity contribution in [3.8, 4) is 11.4 Å². The molecule has 3 rings (SSSR count). The van der Waals surface area contributed by atoms with Gasteiger partial charge >= 0.3 is 0 Å². The Labute approximate surface area is 129 Å². The fourth-order valence-corrected chi connectivity index (χ4v) is 3.30. The van der Waals surface area contributed by atoms with E-state index in [2.05, 4.69) is 22.4 Å². The van der Waals surface area contributed by atoms with Crippen LogP contribution in [-0.4, -0.2) is 20.2 Å². The van der Waals surface area contributed by atoms with Crippen molar-refractivity contribution in [3.63, 3.8) is 0 Å². The monoisotopic (exact) mass is 305 g/mol. The highest BCUT2D eigenvalue weighted by atomic mass is 35.5. The lowest BCUT2D eigenvalue weighted by Gasteiger charge is -2.26. The molecule has 0 aliphatic heterocycles. The van der Waals surface area contributed by atoms with Gasteiger partial charge in [-0.2, -0.15) is 0 Å². The van der Waals surface area contributed by atoms with Crippen molar-refractivity contribution in [2.75, 3.05) is 5.73 Å². The van der Waals surface area contributed by atoms with Crippen LogP contribution in [0.3, 0.4) is 0 Å². The van der Waals surface area contributed by atoms with Gasteiger partial charge in [-0.15, -0.1) is 5.10 Å². The summed E-state index contributed by atoms with van der Waals surface area (Å²) in [4.78, 5) is 0. The summed E-state index contributed by atoms with van der Waals surface area (Å²) in [6.45, 7) is 3.20. The molecule has 1 fully saturated rings. The number of nitrogen functional groups attached to an aromatic ring is 1. The summed E-state index contributed by atoms with van der Waals surface area (Å²) in [5.74, 6) is 2.21. The van der Waals surface area contributed by atoms with Crippen LogP contribution in [0.5, 0.6) is 0 Å². The van der Waals surface area contributed by atoms with Gasteiger partial charge in [0.2, 0.25) is 0 Å². The molecule has 1 aromatic heterocycles. The summed E-state index contributed by atoms with van der Waals surface area (Å²) in [6, 6.07) is 5.52. The van der Waals surface area contributed by atoms with E-state index in [-0.39, 0.29) is 0 Å². The Kier molecular flexibility index (Phi) is 4.10. The summed E-state index contributed by atoms with van der Waals surface area (Å²) in [5, 5.41) is 12.7. The predicted octanol–water partition coefficient (Wildman–Crippen LogP) is 3.40. The van der Waals surface area contributed by atoms with Gasteiger partial charge in [-0.05, 0) is 53.3 Å². The zero-order valence-corrected chi connectivity index (χ0v) is 12.9. The number of hydrogen-bond donors (Lipinski definition) is 1. The summed E-state index contributed by atoms with van der Waals surface area (Å²) >= 11 is 5.97. The molecule has 6 heteroatoms. The Morgan fingerprint density at radius 3 is 3.00 bits per heavy atom. The van der Waals surface area contributed by atoms with E-state index in [1.54, 1.807) is 6.07 Å². The second-order valence-corrected chi connectivity index (χ2v) is 6.47. The Balaban J connectivity index is 1.81. The SMILES string of the molecule is CC1CCCC(Cn2nnnc2-c2ccc(Cl)c(N)c2)C1. The van der Waals surface area contributed by atoms with Crippen molar-refractivity contribution < 1.29 is 0 Å². The van der Waals surface area contributed by atoms with Gasteiger partial charge in [0.25, 0.3) is 0 Å². The predicted molar refractivity (Wildman–Crippen MR) is 83.8 cm³/mol. The average molecular weight is 306 g/mol. The van der Waals surface area contributed by atoms with Crippen molar-refractivity contribution in [1.82, 2.24) is 20.2 Å². The normalized spacial score (nSPS) is 22.4. The summed E-state index contributed by atoms with van der Waals surface area (Å²) < 4.78 is 1.89. The van der Waals surface area contributed by atoms with E-state index in [4.69, 9.17) is 17.3 Å². The van der Waals surface area contributed by atoms with E-state index in [0.29, 0.717) is 16.6 Å². The summed E-state index contributed by atoms with van der Waals surface area (Å²) in [7, 11) is 0. The molecule has 0 radical (unpaired) electrons. The molecule has 2 atom stereocenters. The first-order valence-corrected chi connectivity index (χ1v) is 7.83. The molecule has 2 unspecified atom stereocenters. The van der Waals surface area contributed by atoms with Gasteiger partial charge in [0.15, 0.2) is 5.82 Å². The van der Waals surface area contributed by atoms with Crippen molar-refractivity contribution in [3.05, 3.63) is 23.2 Å². The van der Waals surface area contributed by atoms with Crippen molar-refractivity contribution in [2.45, 2.75) is 39.2 Å². The van der Waals surface area contributed by atoms with Gasteiger partial charge in [-0.25, -0.2) is 4.68 Å². The van der Waals surface area contributed by atoms with E-state index in [0.717, 1.165) is 23.9 Å². The lowest BCUT2D eigenvalue weighted by molar-refractivity contribution is 0.249. The number of tetrazole rings is 1. The molecular formula is C15H20ClN5. The van der Waals surface area contributed by atoms with Crippen LogP contribution in [0.25, 0.3) is 11.4 Å². The number of nitrogens with zero attached hydrogens (tertiary/aromatic N) is 4. The molecule has 1 saturated carbocycles. The topological polar surface area (TPSA) is 69.6 Å². The highest BCUT2D eigenvalue weighted by molar-refractivity contribution is 6.33. The van der Waals surface area contributed by atoms with E-state index < -0.39 is 0 Å². The molecule has 2 N–H and O–H groups in total. The fourth-order valence-electron chi connectivity index (χ4n) is 3.19. The molecule has 5 nitrogen and oxygen atoms in total. The minimum absolute atomic E-state index is 0.551. The number of nitrogens with two attached hydrogens (primary N) is 1. The molecule has 1 aliphatic rings. The molecule has 0 saturated heterocycles. The fraction of sp³-hybridized carbons (Fsp3) is 0.533. The zero-order chi connectivity index (χ0) is 14.8. The molecule has 0 spiro atoms. The number of anilines is 1. The largest absolute Gasteiger partial charge is 0.398 e. The number of hydrogen-bond acceptors (Lipinski definition) is 4. The molecule has 112 valence electrons. The van der Waals surface area contributed by atoms with Crippen molar-refractivity contribution in [2.24, 2.45) is 11.8 Å². The van der Waals surface area contributed by atoms with Gasteiger partial charge in [0.1, 0.15) is 0 Å². The van der Waals surface area contributed by atoms with Crippen LogP contribution in [0.2, 0.25) is 5.02 Å². The molecule has 21 heavy (non-hydrogen) atoms. The lowest BCUT2D eigenvalue weighted by Crippen LogP contribution is -2.19.